The molecule has 2 N–H and O–H groups in total. The largest absolute Gasteiger partial charge is 0.325 e. The second-order valence-electron chi connectivity index (χ2n) is 4.91. The van der Waals surface area contributed by atoms with Gasteiger partial charge in [-0.3, -0.25) is 14.7 Å². The molecule has 0 unspecified atom stereocenters. The normalized spacial score (nSPS) is 10.5. The van der Waals surface area contributed by atoms with Crippen molar-refractivity contribution in [3.05, 3.63) is 47.3 Å². The Hall–Kier alpha value is -2.45. The number of rotatable bonds is 6. The minimum Gasteiger partial charge on any atom is -0.325 e. The summed E-state index contributed by atoms with van der Waals surface area (Å²) in [5, 5.41) is 12.2. The van der Waals surface area contributed by atoms with Crippen LogP contribution >= 0.6 is 23.1 Å². The van der Waals surface area contributed by atoms with Gasteiger partial charge < -0.3 is 5.32 Å². The number of thiophene rings is 1. The van der Waals surface area contributed by atoms with Crippen molar-refractivity contribution in [2.45, 2.75) is 12.1 Å². The zero-order valence-electron chi connectivity index (χ0n) is 12.8. The zero-order valence-corrected chi connectivity index (χ0v) is 14.4. The molecule has 0 saturated carbocycles. The summed E-state index contributed by atoms with van der Waals surface area (Å²) in [6.07, 6.45) is 0. The lowest BCUT2D eigenvalue weighted by Crippen LogP contribution is -2.14. The van der Waals surface area contributed by atoms with Gasteiger partial charge in [-0.2, -0.15) is 0 Å². The highest BCUT2D eigenvalue weighted by atomic mass is 32.2. The van der Waals surface area contributed by atoms with Crippen LogP contribution in [-0.2, 0) is 4.79 Å². The lowest BCUT2D eigenvalue weighted by molar-refractivity contribution is -0.113. The number of nitrogens with one attached hydrogen (secondary N) is 2. The second-order valence-corrected chi connectivity index (χ2v) is 6.80. The van der Waals surface area contributed by atoms with E-state index in [1.54, 1.807) is 35.6 Å². The van der Waals surface area contributed by atoms with Crippen molar-refractivity contribution in [3.8, 4) is 10.7 Å². The van der Waals surface area contributed by atoms with Gasteiger partial charge in [0.1, 0.15) is 0 Å². The molecule has 0 fully saturated rings. The fourth-order valence-electron chi connectivity index (χ4n) is 1.95. The topological polar surface area (TPSA) is 87.7 Å². The van der Waals surface area contributed by atoms with E-state index in [9.17, 15) is 9.59 Å². The number of anilines is 1. The molecule has 0 atom stereocenters. The molecule has 3 aromatic rings. The van der Waals surface area contributed by atoms with Crippen LogP contribution in [-0.4, -0.2) is 32.6 Å². The molecular formula is C16H14N4O2S2. The molecule has 24 heavy (non-hydrogen) atoms. The molecule has 0 bridgehead atoms. The van der Waals surface area contributed by atoms with Gasteiger partial charge in [0.15, 0.2) is 11.6 Å². The first kappa shape index (κ1) is 16.4. The molecular weight excluding hydrogens is 344 g/mol. The predicted molar refractivity (Wildman–Crippen MR) is 95.5 cm³/mol. The van der Waals surface area contributed by atoms with E-state index in [4.69, 9.17) is 0 Å². The number of amides is 1. The van der Waals surface area contributed by atoms with Gasteiger partial charge in [-0.05, 0) is 42.6 Å². The lowest BCUT2D eigenvalue weighted by Gasteiger charge is -2.04. The van der Waals surface area contributed by atoms with Gasteiger partial charge in [0.2, 0.25) is 11.1 Å². The van der Waals surface area contributed by atoms with Crippen LogP contribution in [0.2, 0.25) is 0 Å². The monoisotopic (exact) mass is 358 g/mol. The van der Waals surface area contributed by atoms with Crippen molar-refractivity contribution in [2.75, 3.05) is 11.1 Å². The molecule has 0 aliphatic heterocycles. The first-order chi connectivity index (χ1) is 11.6. The van der Waals surface area contributed by atoms with E-state index in [1.807, 2.05) is 17.5 Å². The van der Waals surface area contributed by atoms with E-state index in [0.29, 0.717) is 22.2 Å². The number of ketones is 1. The first-order valence-corrected chi connectivity index (χ1v) is 8.98. The summed E-state index contributed by atoms with van der Waals surface area (Å²) in [7, 11) is 0. The molecule has 1 aromatic carbocycles. The molecule has 1 amide bonds. The summed E-state index contributed by atoms with van der Waals surface area (Å²) in [5.74, 6) is 0.747. The number of hydrogen-bond donors (Lipinski definition) is 2. The van der Waals surface area contributed by atoms with E-state index < -0.39 is 0 Å². The maximum atomic E-state index is 12.0. The van der Waals surface area contributed by atoms with Gasteiger partial charge in [-0.25, -0.2) is 4.98 Å². The van der Waals surface area contributed by atoms with Crippen molar-refractivity contribution < 1.29 is 9.59 Å². The number of nitrogens with zero attached hydrogens (tertiary/aromatic N) is 2. The van der Waals surface area contributed by atoms with Crippen LogP contribution in [0.25, 0.3) is 10.7 Å². The van der Waals surface area contributed by atoms with Crippen LogP contribution in [0.1, 0.15) is 17.3 Å². The Kier molecular flexibility index (Phi) is 5.07. The number of benzene rings is 1. The van der Waals surface area contributed by atoms with E-state index in [2.05, 4.69) is 20.5 Å². The van der Waals surface area contributed by atoms with Crippen LogP contribution in [0.15, 0.2) is 46.9 Å². The Morgan fingerprint density at radius 1 is 1.25 bits per heavy atom. The Morgan fingerprint density at radius 3 is 2.71 bits per heavy atom. The van der Waals surface area contributed by atoms with E-state index in [0.717, 1.165) is 4.88 Å². The quantitative estimate of drug-likeness (QED) is 0.520. The minimum absolute atomic E-state index is 0.00502. The predicted octanol–water partition coefficient (Wildman–Crippen LogP) is 3.47. The Labute approximate surface area is 146 Å². The van der Waals surface area contributed by atoms with Crippen molar-refractivity contribution in [1.29, 1.82) is 0 Å². The van der Waals surface area contributed by atoms with Gasteiger partial charge in [0.05, 0.1) is 10.6 Å². The molecule has 6 nitrogen and oxygen atoms in total. The summed E-state index contributed by atoms with van der Waals surface area (Å²) in [5.41, 5.74) is 1.27. The molecule has 0 radical (unpaired) electrons. The smallest absolute Gasteiger partial charge is 0.234 e. The standard InChI is InChI=1S/C16H14N4O2S2/c1-10(21)11-4-6-12(7-5-11)17-14(22)9-24-16-18-15(19-20-16)13-3-2-8-23-13/h2-8H,9H2,1H3,(H,17,22)(H,18,19,20). The molecule has 0 spiro atoms. The van der Waals surface area contributed by atoms with E-state index >= 15 is 0 Å². The number of Topliss-reactive ketones (excluding diaryl/α,β-unsaturated/α-hetero) is 1. The Morgan fingerprint density at radius 2 is 2.04 bits per heavy atom. The molecule has 0 aliphatic carbocycles. The number of aromatic amines is 1. The fourth-order valence-corrected chi connectivity index (χ4v) is 3.21. The average molecular weight is 358 g/mol. The zero-order chi connectivity index (χ0) is 16.9. The highest BCUT2D eigenvalue weighted by Crippen LogP contribution is 2.23. The number of thioether (sulfide) groups is 1. The Bertz CT molecular complexity index is 841. The molecule has 8 heteroatoms. The van der Waals surface area contributed by atoms with Crippen molar-refractivity contribution in [2.24, 2.45) is 0 Å². The van der Waals surface area contributed by atoms with E-state index in [-0.39, 0.29) is 17.4 Å². The van der Waals surface area contributed by atoms with Gasteiger partial charge >= 0.3 is 0 Å². The van der Waals surface area contributed by atoms with Crippen LogP contribution in [0.4, 0.5) is 5.69 Å². The number of H-pyrrole nitrogens is 1. The minimum atomic E-state index is -0.155. The fraction of sp³-hybridized carbons (Fsp3) is 0.125. The molecule has 0 saturated heterocycles. The lowest BCUT2D eigenvalue weighted by atomic mass is 10.1. The van der Waals surface area contributed by atoms with Crippen LogP contribution in [0.3, 0.4) is 0 Å². The van der Waals surface area contributed by atoms with Crippen molar-refractivity contribution >= 4 is 40.5 Å². The number of hydrogen-bond acceptors (Lipinski definition) is 6. The van der Waals surface area contributed by atoms with Crippen LogP contribution in [0.5, 0.6) is 0 Å². The maximum absolute atomic E-state index is 12.0. The van der Waals surface area contributed by atoms with Gasteiger partial charge in [0.25, 0.3) is 0 Å². The van der Waals surface area contributed by atoms with Crippen LogP contribution in [0, 0.1) is 0 Å². The highest BCUT2D eigenvalue weighted by Gasteiger charge is 2.10. The average Bonchev–Trinajstić information content (AvgIpc) is 3.25. The summed E-state index contributed by atoms with van der Waals surface area (Å²) in [6.45, 7) is 1.51. The summed E-state index contributed by atoms with van der Waals surface area (Å²) in [4.78, 5) is 28.6. The number of carbonyl (C=O) groups excluding carboxylic acids is 2. The molecule has 2 heterocycles. The van der Waals surface area contributed by atoms with Gasteiger partial charge in [0, 0.05) is 11.3 Å². The summed E-state index contributed by atoms with van der Waals surface area (Å²) < 4.78 is 0. The van der Waals surface area contributed by atoms with Gasteiger partial charge in [-0.15, -0.1) is 16.4 Å². The molecule has 3 rings (SSSR count). The van der Waals surface area contributed by atoms with Crippen molar-refractivity contribution in [3.63, 3.8) is 0 Å². The third-order valence-electron chi connectivity index (χ3n) is 3.13. The number of aromatic nitrogens is 3. The molecule has 122 valence electrons. The van der Waals surface area contributed by atoms with Crippen molar-refractivity contribution in [1.82, 2.24) is 15.2 Å². The third kappa shape index (κ3) is 4.09. The highest BCUT2D eigenvalue weighted by molar-refractivity contribution is 7.99. The van der Waals surface area contributed by atoms with Gasteiger partial charge in [-0.1, -0.05) is 17.8 Å². The maximum Gasteiger partial charge on any atom is 0.234 e. The second kappa shape index (κ2) is 7.41. The summed E-state index contributed by atoms with van der Waals surface area (Å²) >= 11 is 2.83. The number of carbonyl (C=O) groups is 2. The third-order valence-corrected chi connectivity index (χ3v) is 4.85. The van der Waals surface area contributed by atoms with Crippen LogP contribution < -0.4 is 5.32 Å². The SMILES string of the molecule is CC(=O)c1ccc(NC(=O)CSc2n[nH]c(-c3cccs3)n2)cc1. The Balaban J connectivity index is 1.53. The summed E-state index contributed by atoms with van der Waals surface area (Å²) in [6, 6.07) is 10.7. The molecule has 0 aliphatic rings. The first-order valence-electron chi connectivity index (χ1n) is 7.12. The molecule has 2 aromatic heterocycles. The van der Waals surface area contributed by atoms with E-state index in [1.165, 1.54) is 18.7 Å².